The zero-order valence-electron chi connectivity index (χ0n) is 11.7. The van der Waals surface area contributed by atoms with Gasteiger partial charge in [0.2, 0.25) is 0 Å². The second-order valence-electron chi connectivity index (χ2n) is 4.72. The summed E-state index contributed by atoms with van der Waals surface area (Å²) in [5.74, 6) is -3.30. The third-order valence-electron chi connectivity index (χ3n) is 3.27. The van der Waals surface area contributed by atoms with Gasteiger partial charge in [-0.25, -0.2) is 9.59 Å². The van der Waals surface area contributed by atoms with E-state index in [0.29, 0.717) is 20.1 Å². The first-order valence-corrected chi connectivity index (χ1v) is 8.17. The predicted octanol–water partition coefficient (Wildman–Crippen LogP) is 4.44. The van der Waals surface area contributed by atoms with Gasteiger partial charge in [-0.2, -0.15) is 0 Å². The van der Waals surface area contributed by atoms with Crippen molar-refractivity contribution in [1.82, 2.24) is 0 Å². The maximum absolute atomic E-state index is 11.7. The molecule has 2 rings (SSSR count). The highest BCUT2D eigenvalue weighted by Gasteiger charge is 2.28. The number of hydrogen-bond acceptors (Lipinski definition) is 2. The molecule has 0 bridgehead atoms. The molecule has 2 aromatic carbocycles. The molecule has 0 amide bonds. The minimum Gasteiger partial charge on any atom is -0.478 e. The van der Waals surface area contributed by atoms with Gasteiger partial charge in [-0.05, 0) is 23.3 Å². The van der Waals surface area contributed by atoms with Gasteiger partial charge in [0.15, 0.2) is 0 Å². The van der Waals surface area contributed by atoms with Gasteiger partial charge in [0.05, 0.1) is 5.57 Å². The molecule has 0 radical (unpaired) electrons. The molecule has 0 aliphatic carbocycles. The van der Waals surface area contributed by atoms with Gasteiger partial charge < -0.3 is 10.2 Å². The first kappa shape index (κ1) is 17.4. The highest BCUT2D eigenvalue weighted by atomic mass is 79.9. The molecule has 118 valence electrons. The van der Waals surface area contributed by atoms with Gasteiger partial charge in [0, 0.05) is 20.9 Å². The average molecular weight is 440 g/mol. The molecule has 0 saturated carbocycles. The van der Waals surface area contributed by atoms with Crippen LogP contribution in [0.4, 0.5) is 0 Å². The van der Waals surface area contributed by atoms with Gasteiger partial charge in [-0.15, -0.1) is 0 Å². The molecular formula is C17H12Br2O4. The lowest BCUT2D eigenvalue weighted by Gasteiger charge is -2.21. The van der Waals surface area contributed by atoms with E-state index < -0.39 is 17.9 Å². The molecule has 4 nitrogen and oxygen atoms in total. The Morgan fingerprint density at radius 1 is 0.870 bits per heavy atom. The SMILES string of the molecule is O=C(O)C=C(C(=O)O)C(c1ccccc1Br)c1ccccc1Br. The smallest absolute Gasteiger partial charge is 0.332 e. The summed E-state index contributed by atoms with van der Waals surface area (Å²) in [5.41, 5.74) is 1.14. The van der Waals surface area contributed by atoms with Crippen molar-refractivity contribution >= 4 is 43.8 Å². The second-order valence-corrected chi connectivity index (χ2v) is 6.43. The van der Waals surface area contributed by atoms with Crippen LogP contribution >= 0.6 is 31.9 Å². The Balaban J connectivity index is 2.75. The van der Waals surface area contributed by atoms with Crippen molar-refractivity contribution < 1.29 is 19.8 Å². The van der Waals surface area contributed by atoms with Gasteiger partial charge >= 0.3 is 11.9 Å². The van der Waals surface area contributed by atoms with Gasteiger partial charge in [-0.1, -0.05) is 68.3 Å². The van der Waals surface area contributed by atoms with Crippen LogP contribution in [0, 0.1) is 0 Å². The van der Waals surface area contributed by atoms with Crippen molar-refractivity contribution in [3.63, 3.8) is 0 Å². The van der Waals surface area contributed by atoms with E-state index in [1.165, 1.54) is 0 Å². The van der Waals surface area contributed by atoms with Crippen LogP contribution in [0.25, 0.3) is 0 Å². The molecular weight excluding hydrogens is 428 g/mol. The molecule has 0 saturated heterocycles. The molecule has 0 heterocycles. The Hall–Kier alpha value is -1.92. The Bertz CT molecular complexity index is 738. The standard InChI is InChI=1S/C17H12Br2O4/c18-13-7-3-1-5-10(13)16(11-6-2-4-8-14(11)19)12(17(22)23)9-15(20)21/h1-9,16H,(H,20,21)(H,22,23). The Kier molecular flexibility index (Phi) is 5.74. The average Bonchev–Trinajstić information content (AvgIpc) is 2.49. The Morgan fingerprint density at radius 2 is 1.30 bits per heavy atom. The Morgan fingerprint density at radius 3 is 1.65 bits per heavy atom. The van der Waals surface area contributed by atoms with Crippen molar-refractivity contribution in [3.8, 4) is 0 Å². The molecule has 2 aromatic rings. The zero-order chi connectivity index (χ0) is 17.0. The number of halogens is 2. The van der Waals surface area contributed by atoms with Crippen molar-refractivity contribution in [2.24, 2.45) is 0 Å². The predicted molar refractivity (Wildman–Crippen MR) is 93.5 cm³/mol. The fourth-order valence-corrected chi connectivity index (χ4v) is 3.35. The number of benzene rings is 2. The number of carbonyl (C=O) groups is 2. The normalized spacial score (nSPS) is 11.5. The second kappa shape index (κ2) is 7.57. The first-order valence-electron chi connectivity index (χ1n) is 6.58. The molecule has 0 spiro atoms. The van der Waals surface area contributed by atoms with E-state index in [4.69, 9.17) is 5.11 Å². The maximum atomic E-state index is 11.7. The molecule has 0 atom stereocenters. The van der Waals surface area contributed by atoms with Crippen LogP contribution < -0.4 is 0 Å². The van der Waals surface area contributed by atoms with Gasteiger partial charge in [0.25, 0.3) is 0 Å². The summed E-state index contributed by atoms with van der Waals surface area (Å²) in [6, 6.07) is 14.3. The van der Waals surface area contributed by atoms with Crippen LogP contribution in [0.1, 0.15) is 17.0 Å². The minimum atomic E-state index is -1.30. The number of carboxylic acid groups (broad SMARTS) is 2. The van der Waals surface area contributed by atoms with E-state index in [1.807, 2.05) is 12.1 Å². The number of carboxylic acids is 2. The van der Waals surface area contributed by atoms with E-state index in [9.17, 15) is 14.7 Å². The molecule has 0 aromatic heterocycles. The monoisotopic (exact) mass is 438 g/mol. The third kappa shape index (κ3) is 4.09. The molecule has 0 aliphatic heterocycles. The number of hydrogen-bond donors (Lipinski definition) is 2. The largest absolute Gasteiger partial charge is 0.478 e. The van der Waals surface area contributed by atoms with E-state index in [-0.39, 0.29) is 5.57 Å². The summed E-state index contributed by atoms with van der Waals surface area (Å²) in [5, 5.41) is 18.6. The molecule has 6 heteroatoms. The first-order chi connectivity index (χ1) is 10.9. The summed E-state index contributed by atoms with van der Waals surface area (Å²) in [6.07, 6.45) is 0.742. The van der Waals surface area contributed by atoms with E-state index in [1.54, 1.807) is 36.4 Å². The van der Waals surface area contributed by atoms with Crippen molar-refractivity contribution in [1.29, 1.82) is 0 Å². The van der Waals surface area contributed by atoms with Crippen molar-refractivity contribution in [3.05, 3.63) is 80.3 Å². The minimum absolute atomic E-state index is 0.212. The highest BCUT2D eigenvalue weighted by Crippen LogP contribution is 2.39. The van der Waals surface area contributed by atoms with Crippen molar-refractivity contribution in [2.75, 3.05) is 0 Å². The quantitative estimate of drug-likeness (QED) is 0.675. The summed E-state index contributed by atoms with van der Waals surface area (Å²) in [7, 11) is 0. The fraction of sp³-hybridized carbons (Fsp3) is 0.0588. The van der Waals surface area contributed by atoms with E-state index in [0.717, 1.165) is 6.08 Å². The molecule has 2 N–H and O–H groups in total. The molecule has 0 aliphatic rings. The summed E-state index contributed by atoms with van der Waals surface area (Å²) < 4.78 is 1.41. The molecule has 23 heavy (non-hydrogen) atoms. The lowest BCUT2D eigenvalue weighted by Crippen LogP contribution is -2.15. The maximum Gasteiger partial charge on any atom is 0.332 e. The van der Waals surface area contributed by atoms with Crippen LogP contribution in [-0.2, 0) is 9.59 Å². The summed E-state index contributed by atoms with van der Waals surface area (Å²) in [4.78, 5) is 22.8. The fourth-order valence-electron chi connectivity index (χ4n) is 2.32. The van der Waals surface area contributed by atoms with Crippen LogP contribution in [0.2, 0.25) is 0 Å². The van der Waals surface area contributed by atoms with Crippen LogP contribution in [0.3, 0.4) is 0 Å². The van der Waals surface area contributed by atoms with Crippen molar-refractivity contribution in [2.45, 2.75) is 5.92 Å². The lowest BCUT2D eigenvalue weighted by atomic mass is 9.84. The summed E-state index contributed by atoms with van der Waals surface area (Å²) >= 11 is 6.84. The molecule has 0 unspecified atom stereocenters. The molecule has 0 fully saturated rings. The Labute approximate surface area is 149 Å². The number of rotatable bonds is 5. The van der Waals surface area contributed by atoms with Gasteiger partial charge in [0.1, 0.15) is 0 Å². The number of aliphatic carboxylic acids is 2. The van der Waals surface area contributed by atoms with Crippen LogP contribution in [0.5, 0.6) is 0 Å². The van der Waals surface area contributed by atoms with Gasteiger partial charge in [-0.3, -0.25) is 0 Å². The summed E-state index contributed by atoms with van der Waals surface area (Å²) in [6.45, 7) is 0. The highest BCUT2D eigenvalue weighted by molar-refractivity contribution is 9.10. The van der Waals surface area contributed by atoms with Crippen LogP contribution in [-0.4, -0.2) is 22.2 Å². The van der Waals surface area contributed by atoms with E-state index >= 15 is 0 Å². The zero-order valence-corrected chi connectivity index (χ0v) is 14.9. The third-order valence-corrected chi connectivity index (χ3v) is 4.71. The lowest BCUT2D eigenvalue weighted by molar-refractivity contribution is -0.135. The van der Waals surface area contributed by atoms with Crippen LogP contribution in [0.15, 0.2) is 69.1 Å². The van der Waals surface area contributed by atoms with E-state index in [2.05, 4.69) is 31.9 Å². The topological polar surface area (TPSA) is 74.6 Å².